The molecule has 0 aromatic carbocycles. The van der Waals surface area contributed by atoms with Crippen LogP contribution in [0.1, 0.15) is 12.5 Å². The SMILES string of the molecule is CCNC(=NCCOc1ccc(C(F)(F)F)cn1)N1CCN(c2ncccn2)CC1.I. The molecule has 3 heterocycles. The maximum absolute atomic E-state index is 12.6. The predicted octanol–water partition coefficient (Wildman–Crippen LogP) is 2.67. The number of nitrogens with zero attached hydrogens (tertiary/aromatic N) is 6. The molecule has 1 aliphatic heterocycles. The van der Waals surface area contributed by atoms with Crippen molar-refractivity contribution in [3.05, 3.63) is 42.4 Å². The fourth-order valence-electron chi connectivity index (χ4n) is 2.93. The van der Waals surface area contributed by atoms with Gasteiger partial charge >= 0.3 is 6.18 Å². The summed E-state index contributed by atoms with van der Waals surface area (Å²) in [6.45, 7) is 6.38. The molecule has 0 aliphatic carbocycles. The van der Waals surface area contributed by atoms with Gasteiger partial charge in [-0.25, -0.2) is 19.9 Å². The van der Waals surface area contributed by atoms with Crippen LogP contribution in [0.5, 0.6) is 5.88 Å². The van der Waals surface area contributed by atoms with E-state index in [0.29, 0.717) is 6.54 Å². The first-order valence-electron chi connectivity index (χ1n) is 9.68. The average molecular weight is 551 g/mol. The van der Waals surface area contributed by atoms with Crippen LogP contribution in [0.15, 0.2) is 41.8 Å². The van der Waals surface area contributed by atoms with E-state index >= 15 is 0 Å². The average Bonchev–Trinajstić information content (AvgIpc) is 2.76. The van der Waals surface area contributed by atoms with E-state index < -0.39 is 11.7 Å². The highest BCUT2D eigenvalue weighted by Gasteiger charge is 2.30. The van der Waals surface area contributed by atoms with Crippen molar-refractivity contribution in [3.63, 3.8) is 0 Å². The highest BCUT2D eigenvalue weighted by Crippen LogP contribution is 2.29. The highest BCUT2D eigenvalue weighted by molar-refractivity contribution is 14.0. The molecule has 0 radical (unpaired) electrons. The van der Waals surface area contributed by atoms with Gasteiger partial charge in [-0.2, -0.15) is 13.2 Å². The van der Waals surface area contributed by atoms with Crippen molar-refractivity contribution >= 4 is 35.9 Å². The normalized spacial score (nSPS) is 14.8. The number of ether oxygens (including phenoxy) is 1. The lowest BCUT2D eigenvalue weighted by atomic mass is 10.3. The molecule has 0 amide bonds. The highest BCUT2D eigenvalue weighted by atomic mass is 127. The minimum Gasteiger partial charge on any atom is -0.476 e. The Hall–Kier alpha value is -2.38. The number of piperazine rings is 1. The lowest BCUT2D eigenvalue weighted by Crippen LogP contribution is -2.53. The fourth-order valence-corrected chi connectivity index (χ4v) is 2.93. The van der Waals surface area contributed by atoms with E-state index in [2.05, 4.69) is 35.1 Å². The molecule has 0 bridgehead atoms. The summed E-state index contributed by atoms with van der Waals surface area (Å²) in [5.41, 5.74) is -0.803. The lowest BCUT2D eigenvalue weighted by molar-refractivity contribution is -0.137. The minimum atomic E-state index is -4.41. The number of alkyl halides is 3. The molecule has 170 valence electrons. The molecule has 3 rings (SSSR count). The second kappa shape index (κ2) is 11.9. The van der Waals surface area contributed by atoms with Crippen LogP contribution in [0.25, 0.3) is 0 Å². The number of hydrogen-bond donors (Lipinski definition) is 1. The molecule has 31 heavy (non-hydrogen) atoms. The summed E-state index contributed by atoms with van der Waals surface area (Å²) in [4.78, 5) is 21.1. The van der Waals surface area contributed by atoms with Gasteiger partial charge in [-0.05, 0) is 19.1 Å². The van der Waals surface area contributed by atoms with E-state index in [0.717, 1.165) is 56.9 Å². The van der Waals surface area contributed by atoms with Gasteiger partial charge in [0.05, 0.1) is 12.1 Å². The zero-order chi connectivity index (χ0) is 21.4. The Balaban J connectivity index is 0.00000341. The maximum atomic E-state index is 12.6. The summed E-state index contributed by atoms with van der Waals surface area (Å²) >= 11 is 0. The molecular formula is C19H25F3IN7O. The van der Waals surface area contributed by atoms with Crippen LogP contribution in [0.4, 0.5) is 19.1 Å². The number of pyridine rings is 1. The number of nitrogens with one attached hydrogen (secondary N) is 1. The van der Waals surface area contributed by atoms with Crippen LogP contribution in [0.3, 0.4) is 0 Å². The van der Waals surface area contributed by atoms with Crippen LogP contribution in [0, 0.1) is 0 Å². The van der Waals surface area contributed by atoms with Crippen molar-refractivity contribution in [2.45, 2.75) is 13.1 Å². The zero-order valence-electron chi connectivity index (χ0n) is 17.0. The molecule has 2 aromatic heterocycles. The second-order valence-electron chi connectivity index (χ2n) is 6.49. The number of hydrogen-bond acceptors (Lipinski definition) is 6. The topological polar surface area (TPSA) is 78.8 Å². The van der Waals surface area contributed by atoms with Crippen LogP contribution in [-0.4, -0.2) is 71.7 Å². The van der Waals surface area contributed by atoms with E-state index in [1.54, 1.807) is 18.5 Å². The molecule has 1 saturated heterocycles. The molecule has 12 heteroatoms. The fraction of sp³-hybridized carbons (Fsp3) is 0.474. The number of rotatable bonds is 6. The van der Waals surface area contributed by atoms with Crippen molar-refractivity contribution in [1.82, 2.24) is 25.2 Å². The molecular weight excluding hydrogens is 526 g/mol. The molecule has 0 spiro atoms. The predicted molar refractivity (Wildman–Crippen MR) is 122 cm³/mol. The first-order valence-corrected chi connectivity index (χ1v) is 9.68. The van der Waals surface area contributed by atoms with Gasteiger partial charge in [0, 0.05) is 57.4 Å². The standard InChI is InChI=1S/C19H24F3N7O.HI/c1-2-23-17(28-9-11-29(12-10-28)18-24-6-3-7-25-18)26-8-13-30-16-5-4-15(14-27-16)19(20,21)22;/h3-7,14H,2,8-13H2,1H3,(H,23,26);1H. The summed E-state index contributed by atoms with van der Waals surface area (Å²) in [7, 11) is 0. The van der Waals surface area contributed by atoms with E-state index in [9.17, 15) is 13.2 Å². The van der Waals surface area contributed by atoms with Gasteiger partial charge in [0.25, 0.3) is 0 Å². The smallest absolute Gasteiger partial charge is 0.417 e. The van der Waals surface area contributed by atoms with Crippen molar-refractivity contribution in [2.75, 3.05) is 50.8 Å². The molecule has 1 fully saturated rings. The van der Waals surface area contributed by atoms with Crippen LogP contribution in [-0.2, 0) is 6.18 Å². The molecule has 0 saturated carbocycles. The van der Waals surface area contributed by atoms with Gasteiger partial charge in [-0.1, -0.05) is 0 Å². The van der Waals surface area contributed by atoms with E-state index in [4.69, 9.17) is 4.74 Å². The Morgan fingerprint density at radius 3 is 2.42 bits per heavy atom. The second-order valence-corrected chi connectivity index (χ2v) is 6.49. The largest absolute Gasteiger partial charge is 0.476 e. The number of aromatic nitrogens is 3. The number of aliphatic imine (C=N–C) groups is 1. The molecule has 1 N–H and O–H groups in total. The van der Waals surface area contributed by atoms with Gasteiger partial charge in [0.1, 0.15) is 6.61 Å². The first kappa shape index (κ1) is 24.9. The van der Waals surface area contributed by atoms with Gasteiger partial charge in [0.2, 0.25) is 11.8 Å². The van der Waals surface area contributed by atoms with Crippen molar-refractivity contribution in [3.8, 4) is 5.88 Å². The third kappa shape index (κ3) is 7.36. The molecule has 1 aliphatic rings. The number of guanidine groups is 1. The molecule has 0 atom stereocenters. The Morgan fingerprint density at radius 2 is 1.84 bits per heavy atom. The number of anilines is 1. The molecule has 2 aromatic rings. The van der Waals surface area contributed by atoms with Crippen LogP contribution >= 0.6 is 24.0 Å². The monoisotopic (exact) mass is 551 g/mol. The van der Waals surface area contributed by atoms with Gasteiger partial charge in [-0.3, -0.25) is 0 Å². The van der Waals surface area contributed by atoms with Crippen molar-refractivity contribution in [2.24, 2.45) is 4.99 Å². The lowest BCUT2D eigenvalue weighted by Gasteiger charge is -2.36. The third-order valence-corrected chi connectivity index (χ3v) is 4.42. The Labute approximate surface area is 196 Å². The molecule has 8 nitrogen and oxygen atoms in total. The summed E-state index contributed by atoms with van der Waals surface area (Å²) in [5.74, 6) is 1.63. The number of halogens is 4. The van der Waals surface area contributed by atoms with Gasteiger partial charge in [-0.15, -0.1) is 24.0 Å². The van der Waals surface area contributed by atoms with Gasteiger partial charge in [0.15, 0.2) is 5.96 Å². The zero-order valence-corrected chi connectivity index (χ0v) is 19.4. The van der Waals surface area contributed by atoms with Crippen LogP contribution < -0.4 is 15.0 Å². The summed E-state index contributed by atoms with van der Waals surface area (Å²) < 4.78 is 43.1. The summed E-state index contributed by atoms with van der Waals surface area (Å²) in [6, 6.07) is 3.95. The van der Waals surface area contributed by atoms with E-state index in [1.807, 2.05) is 6.92 Å². The Bertz CT molecular complexity index is 814. The first-order chi connectivity index (χ1) is 14.5. The van der Waals surface area contributed by atoms with E-state index in [1.165, 1.54) is 6.07 Å². The quantitative estimate of drug-likeness (QED) is 0.256. The van der Waals surface area contributed by atoms with Crippen molar-refractivity contribution < 1.29 is 17.9 Å². The Kier molecular flexibility index (Phi) is 9.52. The Morgan fingerprint density at radius 1 is 1.13 bits per heavy atom. The maximum Gasteiger partial charge on any atom is 0.417 e. The van der Waals surface area contributed by atoms with Crippen molar-refractivity contribution in [1.29, 1.82) is 0 Å². The molecule has 0 unspecified atom stereocenters. The van der Waals surface area contributed by atoms with Gasteiger partial charge < -0.3 is 19.9 Å². The third-order valence-electron chi connectivity index (χ3n) is 4.42. The summed E-state index contributed by atoms with van der Waals surface area (Å²) in [6.07, 6.45) is -0.191. The summed E-state index contributed by atoms with van der Waals surface area (Å²) in [5, 5.41) is 3.26. The minimum absolute atomic E-state index is 0. The van der Waals surface area contributed by atoms with E-state index in [-0.39, 0.29) is 36.5 Å². The van der Waals surface area contributed by atoms with Crippen LogP contribution in [0.2, 0.25) is 0 Å².